The molecule has 0 spiro atoms. The molecule has 54 heavy (non-hydrogen) atoms. The molecule has 0 saturated carbocycles. The number of rotatable bonds is 9. The van der Waals surface area contributed by atoms with Crippen molar-refractivity contribution >= 4 is 24.2 Å². The molecular formula is C40H32Cu2N6O6. The van der Waals surface area contributed by atoms with Gasteiger partial charge < -0.3 is 29.9 Å². The Bertz CT molecular complexity index is 1950. The summed E-state index contributed by atoms with van der Waals surface area (Å²) in [5.74, 6) is -1.05. The first kappa shape index (κ1) is 43.9. The van der Waals surface area contributed by atoms with Gasteiger partial charge in [-0.2, -0.15) is 20.4 Å². The summed E-state index contributed by atoms with van der Waals surface area (Å²) in [6, 6.07) is 34.7. The molecule has 0 N–H and O–H groups in total. The van der Waals surface area contributed by atoms with Gasteiger partial charge in [0.15, 0.2) is 0 Å². The van der Waals surface area contributed by atoms with Gasteiger partial charge in [0, 0.05) is 36.6 Å². The number of benzene rings is 4. The molecule has 0 saturated heterocycles. The molecule has 6 rings (SSSR count). The van der Waals surface area contributed by atoms with Crippen LogP contribution in [0.15, 0.2) is 167 Å². The molecule has 0 aliphatic carbocycles. The number of hydrogen-bond acceptors (Lipinski definition) is 12. The zero-order valence-electron chi connectivity index (χ0n) is 28.7. The molecule has 2 aromatic heterocycles. The van der Waals surface area contributed by atoms with Crippen molar-refractivity contribution in [3.8, 4) is 34.1 Å². The minimum atomic E-state index is -0.461. The molecule has 0 aliphatic rings. The monoisotopic (exact) mass is 818 g/mol. The molecule has 4 aromatic carbocycles. The average molecular weight is 820 g/mol. The van der Waals surface area contributed by atoms with Crippen LogP contribution in [0.25, 0.3) is 11.1 Å². The number of para-hydroxylation sites is 2. The topological polar surface area (TPSA) is 186 Å². The quantitative estimate of drug-likeness (QED) is 0.0908. The van der Waals surface area contributed by atoms with Gasteiger partial charge >= 0.3 is 34.1 Å². The van der Waals surface area contributed by atoms with Crippen molar-refractivity contribution in [1.82, 2.24) is 9.97 Å². The van der Waals surface area contributed by atoms with Crippen LogP contribution in [0.2, 0.25) is 0 Å². The van der Waals surface area contributed by atoms with Crippen LogP contribution in [0, 0.1) is 0 Å². The Balaban J connectivity index is 0.000000283. The van der Waals surface area contributed by atoms with Crippen LogP contribution in [0.3, 0.4) is 0 Å². The minimum Gasteiger partial charge on any atom is -0.870 e. The van der Waals surface area contributed by atoms with E-state index in [4.69, 9.17) is 9.47 Å². The van der Waals surface area contributed by atoms with Gasteiger partial charge in [-0.05, 0) is 69.8 Å². The zero-order chi connectivity index (χ0) is 37.0. The first-order chi connectivity index (χ1) is 25.4. The second-order valence-electron chi connectivity index (χ2n) is 10.3. The van der Waals surface area contributed by atoms with E-state index >= 15 is 0 Å². The van der Waals surface area contributed by atoms with Crippen LogP contribution in [0.1, 0.15) is 22.3 Å². The van der Waals surface area contributed by atoms with Crippen molar-refractivity contribution < 1.29 is 64.0 Å². The van der Waals surface area contributed by atoms with E-state index in [9.17, 15) is 20.4 Å². The average Bonchev–Trinajstić information content (AvgIpc) is 3.21. The zero-order valence-corrected chi connectivity index (χ0v) is 30.6. The molecule has 2 radical (unpaired) electrons. The number of aromatic nitrogens is 2. The standard InChI is InChI=1S/2C15H14N2O3.C10H8N2.2Cu/c2*1-20-13-9-5-8-12(14(13)18)10-16-17-15(19)11-6-3-2-4-7-11;1-5-11-6-2-9(1)10-3-7-12-8-4-10;;/h2*2-10,18H,1H3,(H,17,19);1-8H;;/q;;;2*+2/p-4/b2*16-10+;;;. The SMILES string of the molecule is COc1cccc(/C=N/N=C(\[O-])c2ccccc2)c1[O-].COc1cccc(/C=N/N=C(\[O-])c2ccccc2)c1[O-].[Cu+2].[Cu+2].c1cc(-c2ccncc2)ccn1. The van der Waals surface area contributed by atoms with Crippen LogP contribution in [-0.2, 0) is 34.1 Å². The van der Waals surface area contributed by atoms with Gasteiger partial charge in [0.1, 0.15) is 11.5 Å². The van der Waals surface area contributed by atoms with Crippen LogP contribution in [0.4, 0.5) is 0 Å². The molecule has 0 aliphatic heterocycles. The first-order valence-corrected chi connectivity index (χ1v) is 15.6. The fourth-order valence-corrected chi connectivity index (χ4v) is 4.24. The summed E-state index contributed by atoms with van der Waals surface area (Å²) in [6.07, 6.45) is 9.63. The molecule has 14 heteroatoms. The largest absolute Gasteiger partial charge is 2.00 e. The van der Waals surface area contributed by atoms with E-state index in [1.807, 2.05) is 24.3 Å². The van der Waals surface area contributed by atoms with E-state index in [0.29, 0.717) is 22.3 Å². The van der Waals surface area contributed by atoms with Gasteiger partial charge in [-0.15, -0.1) is 0 Å². The summed E-state index contributed by atoms with van der Waals surface area (Å²) in [4.78, 5) is 7.91. The third kappa shape index (κ3) is 13.7. The van der Waals surface area contributed by atoms with E-state index in [1.165, 1.54) is 37.8 Å². The molecule has 0 atom stereocenters. The number of hydrogen-bond donors (Lipinski definition) is 0. The maximum Gasteiger partial charge on any atom is 2.00 e. The Kier molecular flexibility index (Phi) is 19.5. The van der Waals surface area contributed by atoms with Gasteiger partial charge in [0.05, 0.1) is 26.6 Å². The van der Waals surface area contributed by atoms with Crippen molar-refractivity contribution in [3.05, 3.63) is 168 Å². The van der Waals surface area contributed by atoms with Gasteiger partial charge in [0.25, 0.3) is 0 Å². The van der Waals surface area contributed by atoms with E-state index in [1.54, 1.807) is 122 Å². The van der Waals surface area contributed by atoms with Crippen molar-refractivity contribution in [1.29, 1.82) is 0 Å². The summed E-state index contributed by atoms with van der Waals surface area (Å²) < 4.78 is 9.82. The molecule has 0 unspecified atom stereocenters. The fraction of sp³-hybridized carbons (Fsp3) is 0.0500. The Hall–Kier alpha value is -6.30. The molecule has 6 aromatic rings. The van der Waals surface area contributed by atoms with Crippen LogP contribution in [-0.4, -0.2) is 48.4 Å². The Labute approximate surface area is 333 Å². The number of nitrogens with zero attached hydrogens (tertiary/aromatic N) is 6. The second-order valence-corrected chi connectivity index (χ2v) is 10.3. The van der Waals surface area contributed by atoms with E-state index in [-0.39, 0.29) is 57.1 Å². The molecular weight excluding hydrogens is 788 g/mol. The van der Waals surface area contributed by atoms with Gasteiger partial charge in [0.2, 0.25) is 0 Å². The molecule has 0 amide bonds. The summed E-state index contributed by atoms with van der Waals surface area (Å²) in [5.41, 5.74) is 3.86. The van der Waals surface area contributed by atoms with Crippen molar-refractivity contribution in [2.75, 3.05) is 14.2 Å². The first-order valence-electron chi connectivity index (χ1n) is 15.6. The molecule has 0 fully saturated rings. The molecule has 2 heterocycles. The minimum absolute atomic E-state index is 0. The van der Waals surface area contributed by atoms with Crippen LogP contribution < -0.4 is 29.9 Å². The van der Waals surface area contributed by atoms with E-state index < -0.39 is 11.8 Å². The smallest absolute Gasteiger partial charge is 0.870 e. The second kappa shape index (κ2) is 24.0. The predicted octanol–water partition coefficient (Wildman–Crippen LogP) is 3.96. The van der Waals surface area contributed by atoms with E-state index in [2.05, 4.69) is 30.4 Å². The summed E-state index contributed by atoms with van der Waals surface area (Å²) >= 11 is 0. The molecule has 280 valence electrons. The predicted molar refractivity (Wildman–Crippen MR) is 193 cm³/mol. The summed E-state index contributed by atoms with van der Waals surface area (Å²) in [5, 5.41) is 61.3. The number of pyridine rings is 2. The van der Waals surface area contributed by atoms with Crippen molar-refractivity contribution in [3.63, 3.8) is 0 Å². The van der Waals surface area contributed by atoms with Crippen molar-refractivity contribution in [2.24, 2.45) is 20.4 Å². The Morgan fingerprint density at radius 3 is 1.19 bits per heavy atom. The maximum absolute atomic E-state index is 11.8. The normalized spacial score (nSPS) is 10.9. The van der Waals surface area contributed by atoms with Gasteiger partial charge in [-0.25, -0.2) is 0 Å². The van der Waals surface area contributed by atoms with Gasteiger partial charge in [-0.3, -0.25) is 9.97 Å². The third-order valence-electron chi connectivity index (χ3n) is 6.88. The Morgan fingerprint density at radius 2 is 0.852 bits per heavy atom. The van der Waals surface area contributed by atoms with E-state index in [0.717, 1.165) is 0 Å². The third-order valence-corrected chi connectivity index (χ3v) is 6.88. The van der Waals surface area contributed by atoms with Crippen LogP contribution >= 0.6 is 0 Å². The van der Waals surface area contributed by atoms with Crippen LogP contribution in [0.5, 0.6) is 23.0 Å². The summed E-state index contributed by atoms with van der Waals surface area (Å²) in [7, 11) is 2.84. The van der Waals surface area contributed by atoms with Crippen molar-refractivity contribution in [2.45, 2.75) is 0 Å². The molecule has 0 bridgehead atoms. The molecule has 12 nitrogen and oxygen atoms in total. The maximum atomic E-state index is 11.8. The number of ether oxygens (including phenoxy) is 2. The number of methoxy groups -OCH3 is 2. The van der Waals surface area contributed by atoms with Gasteiger partial charge in [-0.1, -0.05) is 96.4 Å². The fourth-order valence-electron chi connectivity index (χ4n) is 4.24. The summed E-state index contributed by atoms with van der Waals surface area (Å²) in [6.45, 7) is 0. The Morgan fingerprint density at radius 1 is 0.500 bits per heavy atom.